The molecule has 0 spiro atoms. The molecule has 0 N–H and O–H groups in total. The van der Waals surface area contributed by atoms with E-state index < -0.39 is 0 Å². The Bertz CT molecular complexity index is 186. The van der Waals surface area contributed by atoms with Crippen LogP contribution in [0.3, 0.4) is 0 Å². The predicted octanol–water partition coefficient (Wildman–Crippen LogP) is 2.77. The number of rotatable bonds is 4. The van der Waals surface area contributed by atoms with E-state index in [4.69, 9.17) is 4.74 Å². The first-order valence-electron chi connectivity index (χ1n) is 3.69. The number of ether oxygens (including phenoxy) is 1. The minimum Gasteiger partial charge on any atom is -0.371 e. The van der Waals surface area contributed by atoms with Gasteiger partial charge < -0.3 is 4.74 Å². The second-order valence-corrected chi connectivity index (χ2v) is 3.06. The van der Waals surface area contributed by atoms with Crippen LogP contribution in [0.4, 0.5) is 0 Å². The van der Waals surface area contributed by atoms with Gasteiger partial charge in [0, 0.05) is 11.5 Å². The van der Waals surface area contributed by atoms with Crippen molar-refractivity contribution in [3.63, 3.8) is 0 Å². The van der Waals surface area contributed by atoms with Crippen LogP contribution in [0.2, 0.25) is 0 Å². The first-order valence-corrected chi connectivity index (χ1v) is 4.67. The van der Waals surface area contributed by atoms with Crippen LogP contribution in [0.1, 0.15) is 6.92 Å². The monoisotopic (exact) mass is 168 g/mol. The Morgan fingerprint density at radius 3 is 2.64 bits per heavy atom. The standard InChI is InChI=1S/C9H12OS/c1-2-10-8-11-9-6-4-3-5-7-9/h3-7H,2,8H2,1H3. The molecule has 0 aliphatic heterocycles. The van der Waals surface area contributed by atoms with Crippen molar-refractivity contribution in [1.82, 2.24) is 0 Å². The van der Waals surface area contributed by atoms with Crippen molar-refractivity contribution in [3.8, 4) is 0 Å². The van der Waals surface area contributed by atoms with Crippen LogP contribution in [-0.4, -0.2) is 12.5 Å². The molecule has 1 rings (SSSR count). The summed E-state index contributed by atoms with van der Waals surface area (Å²) in [4.78, 5) is 1.26. The normalized spacial score (nSPS) is 9.91. The lowest BCUT2D eigenvalue weighted by molar-refractivity contribution is 0.199. The summed E-state index contributed by atoms with van der Waals surface area (Å²) in [5.74, 6) is 0.751. The summed E-state index contributed by atoms with van der Waals surface area (Å²) in [6.07, 6.45) is 0. The van der Waals surface area contributed by atoms with Crippen LogP contribution in [0.5, 0.6) is 0 Å². The number of thioether (sulfide) groups is 1. The van der Waals surface area contributed by atoms with Crippen LogP contribution in [0.15, 0.2) is 35.2 Å². The second-order valence-electron chi connectivity index (χ2n) is 2.07. The zero-order valence-corrected chi connectivity index (χ0v) is 7.43. The van der Waals surface area contributed by atoms with Gasteiger partial charge in [-0.2, -0.15) is 0 Å². The van der Waals surface area contributed by atoms with Gasteiger partial charge in [-0.25, -0.2) is 0 Å². The molecule has 11 heavy (non-hydrogen) atoms. The predicted molar refractivity (Wildman–Crippen MR) is 48.8 cm³/mol. The molecule has 0 heterocycles. The zero-order valence-electron chi connectivity index (χ0n) is 6.62. The van der Waals surface area contributed by atoms with Gasteiger partial charge in [-0.1, -0.05) is 30.0 Å². The molecule has 0 bridgehead atoms. The summed E-state index contributed by atoms with van der Waals surface area (Å²) in [5, 5.41) is 0. The Kier molecular flexibility index (Phi) is 4.09. The minimum absolute atomic E-state index is 0.751. The van der Waals surface area contributed by atoms with Crippen LogP contribution >= 0.6 is 11.8 Å². The van der Waals surface area contributed by atoms with Gasteiger partial charge in [0.2, 0.25) is 0 Å². The lowest BCUT2D eigenvalue weighted by atomic mass is 10.4. The molecule has 1 aromatic rings. The molecule has 0 aliphatic carbocycles. The van der Waals surface area contributed by atoms with Gasteiger partial charge in [0.25, 0.3) is 0 Å². The molecule has 0 radical (unpaired) electrons. The van der Waals surface area contributed by atoms with E-state index in [-0.39, 0.29) is 0 Å². The SMILES string of the molecule is CCOCSc1ccccc1. The average Bonchev–Trinajstić information content (AvgIpc) is 2.07. The van der Waals surface area contributed by atoms with Crippen LogP contribution in [0, 0.1) is 0 Å². The van der Waals surface area contributed by atoms with E-state index in [1.165, 1.54) is 4.90 Å². The largest absolute Gasteiger partial charge is 0.371 e. The molecule has 1 aromatic carbocycles. The summed E-state index contributed by atoms with van der Waals surface area (Å²) in [5.41, 5.74) is 0. The quantitative estimate of drug-likeness (QED) is 0.388. The third kappa shape index (κ3) is 3.44. The van der Waals surface area contributed by atoms with E-state index in [0.29, 0.717) is 0 Å². The fourth-order valence-electron chi connectivity index (χ4n) is 0.710. The van der Waals surface area contributed by atoms with Crippen molar-refractivity contribution in [2.24, 2.45) is 0 Å². The van der Waals surface area contributed by atoms with Crippen LogP contribution < -0.4 is 0 Å². The second kappa shape index (κ2) is 5.22. The molecule has 0 aliphatic rings. The van der Waals surface area contributed by atoms with Gasteiger partial charge in [0.15, 0.2) is 0 Å². The summed E-state index contributed by atoms with van der Waals surface area (Å²) in [6, 6.07) is 10.3. The lowest BCUT2D eigenvalue weighted by Crippen LogP contribution is -1.87. The molecular formula is C9H12OS. The Balaban J connectivity index is 2.28. The fourth-order valence-corrected chi connectivity index (χ4v) is 1.45. The molecule has 0 saturated heterocycles. The number of benzene rings is 1. The molecular weight excluding hydrogens is 156 g/mol. The molecule has 0 amide bonds. The maximum Gasteiger partial charge on any atom is 0.0966 e. The summed E-state index contributed by atoms with van der Waals surface area (Å²) >= 11 is 1.72. The highest BCUT2D eigenvalue weighted by Crippen LogP contribution is 2.16. The molecule has 60 valence electrons. The minimum atomic E-state index is 0.751. The highest BCUT2D eigenvalue weighted by atomic mass is 32.2. The third-order valence-corrected chi connectivity index (χ3v) is 2.15. The summed E-state index contributed by atoms with van der Waals surface area (Å²) in [6.45, 7) is 2.80. The Labute approximate surface area is 71.8 Å². The first kappa shape index (κ1) is 8.62. The van der Waals surface area contributed by atoms with Crippen molar-refractivity contribution in [2.75, 3.05) is 12.5 Å². The van der Waals surface area contributed by atoms with Crippen molar-refractivity contribution >= 4 is 11.8 Å². The molecule has 0 saturated carbocycles. The van der Waals surface area contributed by atoms with E-state index >= 15 is 0 Å². The Morgan fingerprint density at radius 2 is 2.00 bits per heavy atom. The average molecular weight is 168 g/mol. The van der Waals surface area contributed by atoms with Gasteiger partial charge in [0.1, 0.15) is 0 Å². The van der Waals surface area contributed by atoms with Crippen molar-refractivity contribution in [1.29, 1.82) is 0 Å². The molecule has 2 heteroatoms. The fraction of sp³-hybridized carbons (Fsp3) is 0.333. The maximum atomic E-state index is 5.20. The van der Waals surface area contributed by atoms with Gasteiger partial charge in [-0.3, -0.25) is 0 Å². The van der Waals surface area contributed by atoms with Crippen molar-refractivity contribution in [2.45, 2.75) is 11.8 Å². The van der Waals surface area contributed by atoms with Gasteiger partial charge in [-0.15, -0.1) is 0 Å². The van der Waals surface area contributed by atoms with E-state index in [1.54, 1.807) is 11.8 Å². The Hall–Kier alpha value is -0.470. The van der Waals surface area contributed by atoms with E-state index in [2.05, 4.69) is 12.1 Å². The van der Waals surface area contributed by atoms with E-state index in [9.17, 15) is 0 Å². The highest BCUT2D eigenvalue weighted by molar-refractivity contribution is 7.99. The van der Waals surface area contributed by atoms with Gasteiger partial charge >= 0.3 is 0 Å². The Morgan fingerprint density at radius 1 is 1.27 bits per heavy atom. The van der Waals surface area contributed by atoms with E-state index in [0.717, 1.165) is 12.5 Å². The van der Waals surface area contributed by atoms with Crippen LogP contribution in [-0.2, 0) is 4.74 Å². The maximum absolute atomic E-state index is 5.20. The van der Waals surface area contributed by atoms with E-state index in [1.807, 2.05) is 25.1 Å². The number of hydrogen-bond donors (Lipinski definition) is 0. The molecule has 0 unspecified atom stereocenters. The summed E-state index contributed by atoms with van der Waals surface area (Å²) < 4.78 is 5.20. The lowest BCUT2D eigenvalue weighted by Gasteiger charge is -1.99. The first-order chi connectivity index (χ1) is 5.43. The van der Waals surface area contributed by atoms with Gasteiger partial charge in [0.05, 0.1) is 5.94 Å². The van der Waals surface area contributed by atoms with Crippen molar-refractivity contribution < 1.29 is 4.74 Å². The molecule has 0 aromatic heterocycles. The topological polar surface area (TPSA) is 9.23 Å². The third-order valence-electron chi connectivity index (χ3n) is 1.26. The summed E-state index contributed by atoms with van der Waals surface area (Å²) in [7, 11) is 0. The van der Waals surface area contributed by atoms with Crippen molar-refractivity contribution in [3.05, 3.63) is 30.3 Å². The molecule has 0 atom stereocenters. The molecule has 0 fully saturated rings. The molecule has 1 nitrogen and oxygen atoms in total. The van der Waals surface area contributed by atoms with Crippen LogP contribution in [0.25, 0.3) is 0 Å². The number of hydrogen-bond acceptors (Lipinski definition) is 2. The zero-order chi connectivity index (χ0) is 7.94. The smallest absolute Gasteiger partial charge is 0.0966 e. The van der Waals surface area contributed by atoms with Gasteiger partial charge in [-0.05, 0) is 19.1 Å². The highest BCUT2D eigenvalue weighted by Gasteiger charge is 1.89.